The average Bonchev–Trinajstić information content (AvgIpc) is 3.14. The highest BCUT2D eigenvalue weighted by Crippen LogP contribution is 2.53. The molecule has 3 heterocycles. The van der Waals surface area contributed by atoms with Gasteiger partial charge < -0.3 is 14.3 Å². The van der Waals surface area contributed by atoms with Crippen LogP contribution in [0.15, 0.2) is 22.8 Å². The predicted octanol–water partition coefficient (Wildman–Crippen LogP) is 5.21. The van der Waals surface area contributed by atoms with Gasteiger partial charge in [0.05, 0.1) is 29.6 Å². The minimum absolute atomic E-state index is 0.0480. The molecule has 1 N–H and O–H groups in total. The summed E-state index contributed by atoms with van der Waals surface area (Å²) in [7, 11) is 0. The molecule has 1 aliphatic carbocycles. The quantitative estimate of drug-likeness (QED) is 0.537. The topological polar surface area (TPSA) is 88.7 Å². The fraction of sp³-hybridized carbons (Fsp3) is 0.476. The van der Waals surface area contributed by atoms with Crippen molar-refractivity contribution in [2.45, 2.75) is 58.1 Å². The van der Waals surface area contributed by atoms with Crippen molar-refractivity contribution in [2.24, 2.45) is 0 Å². The SMILES string of the molecule is Cc1c(C2(CO)CC2)sc2c(N(Cc3ccco3)C(=O)OC(C)(C)C)nc(Cl)nc12. The molecule has 0 radical (unpaired) electrons. The summed E-state index contributed by atoms with van der Waals surface area (Å²) >= 11 is 7.77. The van der Waals surface area contributed by atoms with Crippen molar-refractivity contribution in [3.63, 3.8) is 0 Å². The Bertz CT molecular complexity index is 1080. The number of nitrogens with zero attached hydrogens (tertiary/aromatic N) is 3. The number of aliphatic hydroxyl groups excluding tert-OH is 1. The molecule has 160 valence electrons. The van der Waals surface area contributed by atoms with E-state index < -0.39 is 11.7 Å². The van der Waals surface area contributed by atoms with Crippen LogP contribution in [0.2, 0.25) is 5.28 Å². The first-order chi connectivity index (χ1) is 14.1. The second-order valence-corrected chi connectivity index (χ2v) is 9.99. The van der Waals surface area contributed by atoms with Crippen LogP contribution in [0.5, 0.6) is 0 Å². The Morgan fingerprint density at radius 1 is 1.40 bits per heavy atom. The third kappa shape index (κ3) is 3.91. The van der Waals surface area contributed by atoms with Crippen LogP contribution in [0, 0.1) is 6.92 Å². The van der Waals surface area contributed by atoms with E-state index in [9.17, 15) is 9.90 Å². The van der Waals surface area contributed by atoms with Crippen LogP contribution in [0.3, 0.4) is 0 Å². The Morgan fingerprint density at radius 2 is 2.13 bits per heavy atom. The highest BCUT2D eigenvalue weighted by Gasteiger charge is 2.46. The number of furan rings is 1. The Kier molecular flexibility index (Phi) is 5.28. The van der Waals surface area contributed by atoms with Crippen molar-refractivity contribution < 1.29 is 19.1 Å². The number of aromatic nitrogens is 2. The number of carbonyl (C=O) groups excluding carboxylic acids is 1. The van der Waals surface area contributed by atoms with Crippen LogP contribution in [0.4, 0.5) is 10.6 Å². The zero-order valence-electron chi connectivity index (χ0n) is 17.4. The van der Waals surface area contributed by atoms with E-state index in [4.69, 9.17) is 20.8 Å². The summed E-state index contributed by atoms with van der Waals surface area (Å²) in [5.74, 6) is 0.968. The molecule has 4 rings (SSSR count). The lowest BCUT2D eigenvalue weighted by Crippen LogP contribution is -2.37. The highest BCUT2D eigenvalue weighted by molar-refractivity contribution is 7.20. The van der Waals surface area contributed by atoms with Crippen LogP contribution in [-0.2, 0) is 16.7 Å². The minimum Gasteiger partial charge on any atom is -0.467 e. The Balaban J connectivity index is 1.86. The number of thiophene rings is 1. The summed E-state index contributed by atoms with van der Waals surface area (Å²) in [6.45, 7) is 7.63. The molecule has 0 aromatic carbocycles. The van der Waals surface area contributed by atoms with Gasteiger partial charge in [0.2, 0.25) is 5.28 Å². The first-order valence-corrected chi connectivity index (χ1v) is 10.9. The van der Waals surface area contributed by atoms with Gasteiger partial charge in [0.25, 0.3) is 0 Å². The second kappa shape index (κ2) is 7.51. The van der Waals surface area contributed by atoms with E-state index >= 15 is 0 Å². The largest absolute Gasteiger partial charge is 0.467 e. The third-order valence-corrected chi connectivity index (χ3v) is 6.81. The number of rotatable bonds is 5. The van der Waals surface area contributed by atoms with Gasteiger partial charge >= 0.3 is 6.09 Å². The summed E-state index contributed by atoms with van der Waals surface area (Å²) in [5.41, 5.74) is 0.753. The molecule has 1 fully saturated rings. The van der Waals surface area contributed by atoms with Crippen molar-refractivity contribution in [3.05, 3.63) is 39.9 Å². The van der Waals surface area contributed by atoms with Gasteiger partial charge in [0.15, 0.2) is 5.82 Å². The molecule has 3 aromatic heterocycles. The molecule has 30 heavy (non-hydrogen) atoms. The van der Waals surface area contributed by atoms with Crippen molar-refractivity contribution in [1.82, 2.24) is 9.97 Å². The number of carbonyl (C=O) groups is 1. The lowest BCUT2D eigenvalue weighted by atomic mass is 10.0. The fourth-order valence-corrected chi connectivity index (χ4v) is 5.09. The van der Waals surface area contributed by atoms with Crippen molar-refractivity contribution in [2.75, 3.05) is 11.5 Å². The van der Waals surface area contributed by atoms with Crippen molar-refractivity contribution in [3.8, 4) is 0 Å². The first kappa shape index (κ1) is 21.1. The van der Waals surface area contributed by atoms with Crippen LogP contribution in [0.1, 0.15) is 49.8 Å². The average molecular weight is 450 g/mol. The third-order valence-electron chi connectivity index (χ3n) is 5.12. The van der Waals surface area contributed by atoms with Gasteiger partial charge in [-0.3, -0.25) is 4.90 Å². The number of anilines is 1. The molecular weight excluding hydrogens is 426 g/mol. The molecule has 0 aliphatic heterocycles. The van der Waals surface area contributed by atoms with Crippen LogP contribution >= 0.6 is 22.9 Å². The molecule has 0 atom stereocenters. The lowest BCUT2D eigenvalue weighted by molar-refractivity contribution is 0.0574. The molecule has 9 heteroatoms. The molecule has 0 bridgehead atoms. The van der Waals surface area contributed by atoms with Gasteiger partial charge in [-0.25, -0.2) is 9.78 Å². The molecule has 1 aliphatic rings. The van der Waals surface area contributed by atoms with Gasteiger partial charge in [-0.05, 0) is 69.8 Å². The molecule has 3 aromatic rings. The zero-order valence-corrected chi connectivity index (χ0v) is 18.9. The normalized spacial score (nSPS) is 15.4. The van der Waals surface area contributed by atoms with E-state index in [0.29, 0.717) is 17.1 Å². The van der Waals surface area contributed by atoms with E-state index in [1.807, 2.05) is 27.7 Å². The Morgan fingerprint density at radius 3 is 2.70 bits per heavy atom. The Labute approximate surface area is 183 Å². The molecule has 1 amide bonds. The number of hydrogen-bond acceptors (Lipinski definition) is 7. The number of halogens is 1. The predicted molar refractivity (Wildman–Crippen MR) is 116 cm³/mol. The smallest absolute Gasteiger partial charge is 0.416 e. The number of aryl methyl sites for hydroxylation is 1. The van der Waals surface area contributed by atoms with Gasteiger partial charge in [0.1, 0.15) is 11.4 Å². The van der Waals surface area contributed by atoms with Gasteiger partial charge in [-0.1, -0.05) is 0 Å². The maximum atomic E-state index is 13.1. The van der Waals surface area contributed by atoms with Crippen LogP contribution in [-0.4, -0.2) is 33.4 Å². The molecular formula is C21H24ClN3O4S. The van der Waals surface area contributed by atoms with E-state index in [0.717, 1.165) is 28.0 Å². The molecule has 0 saturated heterocycles. The van der Waals surface area contributed by atoms with Crippen molar-refractivity contribution in [1.29, 1.82) is 0 Å². The zero-order chi connectivity index (χ0) is 21.7. The van der Waals surface area contributed by atoms with E-state index in [1.54, 1.807) is 18.4 Å². The molecule has 7 nitrogen and oxygen atoms in total. The number of hydrogen-bond donors (Lipinski definition) is 1. The summed E-state index contributed by atoms with van der Waals surface area (Å²) in [6.07, 6.45) is 2.85. The minimum atomic E-state index is -0.681. The van der Waals surface area contributed by atoms with E-state index in [2.05, 4.69) is 9.97 Å². The standard InChI is InChI=1S/C21H24ClN3O4S/c1-12-14-15(30-16(12)21(11-26)7-8-21)17(24-18(22)23-14)25(10-13-6-5-9-28-13)19(27)29-20(2,3)4/h5-6,9,26H,7-8,10-11H2,1-4H3. The number of aliphatic hydroxyl groups is 1. The molecule has 0 unspecified atom stereocenters. The summed E-state index contributed by atoms with van der Waals surface area (Å²) in [4.78, 5) is 24.4. The van der Waals surface area contributed by atoms with Crippen molar-refractivity contribution >= 4 is 45.1 Å². The monoisotopic (exact) mass is 449 g/mol. The molecule has 1 saturated carbocycles. The first-order valence-electron chi connectivity index (χ1n) is 9.74. The highest BCUT2D eigenvalue weighted by atomic mass is 35.5. The second-order valence-electron chi connectivity index (χ2n) is 8.63. The van der Waals surface area contributed by atoms with E-state index in [-0.39, 0.29) is 23.9 Å². The lowest BCUT2D eigenvalue weighted by Gasteiger charge is -2.26. The van der Waals surface area contributed by atoms with Crippen LogP contribution < -0.4 is 4.90 Å². The van der Waals surface area contributed by atoms with Crippen LogP contribution in [0.25, 0.3) is 10.2 Å². The maximum Gasteiger partial charge on any atom is 0.416 e. The maximum absolute atomic E-state index is 13.1. The summed E-state index contributed by atoms with van der Waals surface area (Å²) < 4.78 is 11.8. The molecule has 0 spiro atoms. The fourth-order valence-electron chi connectivity index (χ4n) is 3.44. The Hall–Kier alpha value is -2.16. The van der Waals surface area contributed by atoms with Gasteiger partial charge in [0, 0.05) is 10.3 Å². The van der Waals surface area contributed by atoms with Gasteiger partial charge in [-0.2, -0.15) is 4.98 Å². The summed E-state index contributed by atoms with van der Waals surface area (Å²) in [5, 5.41) is 9.98. The number of ether oxygens (including phenoxy) is 1. The van der Waals surface area contributed by atoms with Gasteiger partial charge in [-0.15, -0.1) is 11.3 Å². The summed E-state index contributed by atoms with van der Waals surface area (Å²) in [6, 6.07) is 3.55. The van der Waals surface area contributed by atoms with E-state index in [1.165, 1.54) is 16.2 Å². The number of amides is 1. The number of fused-ring (bicyclic) bond motifs is 1.